The lowest BCUT2D eigenvalue weighted by molar-refractivity contribution is 0.162. The van der Waals surface area contributed by atoms with E-state index >= 15 is 0 Å². The molecular weight excluding hydrogens is 244 g/mol. The molecule has 1 N–H and O–H groups in total. The van der Waals surface area contributed by atoms with Crippen LogP contribution in [0.25, 0.3) is 0 Å². The maximum atomic E-state index is 4.92. The van der Waals surface area contributed by atoms with Crippen LogP contribution in [-0.2, 0) is 0 Å². The molecule has 0 radical (unpaired) electrons. The number of nitrogens with zero attached hydrogens (tertiary/aromatic N) is 1. The average molecular weight is 283 g/mol. The molecule has 2 nitrogen and oxygen atoms in total. The highest BCUT2D eigenvalue weighted by Gasteiger charge is 2.38. The van der Waals surface area contributed by atoms with Gasteiger partial charge < -0.3 is 5.32 Å². The zero-order valence-electron chi connectivity index (χ0n) is 15.3. The van der Waals surface area contributed by atoms with Crippen LogP contribution in [0, 0.1) is 16.7 Å². The van der Waals surface area contributed by atoms with E-state index < -0.39 is 0 Å². The van der Waals surface area contributed by atoms with Gasteiger partial charge in [0.05, 0.1) is 0 Å². The molecule has 0 fully saturated rings. The standard InChI is InChI=1S/C18H38N2/c1-9-11-13-19-16(20-14-12-10-2)15(17(3,4)5)18(6,7)8/h15H,9-14H2,1-8H3,(H,19,20). The average Bonchev–Trinajstić information content (AvgIpc) is 2.25. The highest BCUT2D eigenvalue weighted by Crippen LogP contribution is 2.40. The van der Waals surface area contributed by atoms with Crippen molar-refractivity contribution in [1.29, 1.82) is 0 Å². The summed E-state index contributed by atoms with van der Waals surface area (Å²) in [6, 6.07) is 0. The van der Waals surface area contributed by atoms with Crippen molar-refractivity contribution in [2.24, 2.45) is 21.7 Å². The molecule has 0 saturated heterocycles. The van der Waals surface area contributed by atoms with Gasteiger partial charge in [-0.25, -0.2) is 0 Å². The van der Waals surface area contributed by atoms with Crippen LogP contribution in [0.5, 0.6) is 0 Å². The summed E-state index contributed by atoms with van der Waals surface area (Å²) in [5, 5.41) is 3.64. The van der Waals surface area contributed by atoms with Crippen molar-refractivity contribution in [3.8, 4) is 0 Å². The number of amidine groups is 1. The number of hydrogen-bond acceptors (Lipinski definition) is 1. The molecule has 0 saturated carbocycles. The van der Waals surface area contributed by atoms with Gasteiger partial charge in [-0.2, -0.15) is 0 Å². The van der Waals surface area contributed by atoms with Gasteiger partial charge in [0.15, 0.2) is 0 Å². The molecule has 0 amide bonds. The van der Waals surface area contributed by atoms with E-state index in [0.717, 1.165) is 13.1 Å². The molecule has 0 heterocycles. The van der Waals surface area contributed by atoms with Crippen LogP contribution in [0.1, 0.15) is 81.1 Å². The molecule has 0 rings (SSSR count). The zero-order valence-corrected chi connectivity index (χ0v) is 15.3. The van der Waals surface area contributed by atoms with Gasteiger partial charge in [-0.3, -0.25) is 4.99 Å². The number of unbranched alkanes of at least 4 members (excludes halogenated alkanes) is 2. The molecular formula is C18H38N2. The fourth-order valence-corrected chi connectivity index (χ4v) is 3.12. The summed E-state index contributed by atoms with van der Waals surface area (Å²) in [7, 11) is 0. The van der Waals surface area contributed by atoms with E-state index in [0.29, 0.717) is 5.92 Å². The Morgan fingerprint density at radius 1 is 0.900 bits per heavy atom. The van der Waals surface area contributed by atoms with Crippen molar-refractivity contribution in [3.63, 3.8) is 0 Å². The summed E-state index contributed by atoms with van der Waals surface area (Å²) >= 11 is 0. The third-order valence-corrected chi connectivity index (χ3v) is 3.64. The molecule has 2 heteroatoms. The summed E-state index contributed by atoms with van der Waals surface area (Å²) in [5.41, 5.74) is 0.449. The fraction of sp³-hybridized carbons (Fsp3) is 0.944. The predicted molar refractivity (Wildman–Crippen MR) is 92.5 cm³/mol. The van der Waals surface area contributed by atoms with Gasteiger partial charge in [-0.15, -0.1) is 0 Å². The van der Waals surface area contributed by atoms with Gasteiger partial charge in [0, 0.05) is 19.0 Å². The zero-order chi connectivity index (χ0) is 15.8. The first-order valence-electron chi connectivity index (χ1n) is 8.42. The third-order valence-electron chi connectivity index (χ3n) is 3.64. The largest absolute Gasteiger partial charge is 0.374 e. The second-order valence-corrected chi connectivity index (χ2v) is 8.07. The summed E-state index contributed by atoms with van der Waals surface area (Å²) in [5.74, 6) is 1.69. The molecule has 0 aliphatic rings. The summed E-state index contributed by atoms with van der Waals surface area (Å²) < 4.78 is 0. The van der Waals surface area contributed by atoms with Crippen LogP contribution in [-0.4, -0.2) is 18.9 Å². The van der Waals surface area contributed by atoms with Gasteiger partial charge in [0.2, 0.25) is 0 Å². The van der Waals surface area contributed by atoms with Crippen molar-refractivity contribution in [2.45, 2.75) is 81.1 Å². The second kappa shape index (κ2) is 8.69. The van der Waals surface area contributed by atoms with Crippen LogP contribution in [0.4, 0.5) is 0 Å². The molecule has 20 heavy (non-hydrogen) atoms. The lowest BCUT2D eigenvalue weighted by Gasteiger charge is -2.41. The molecule has 0 aromatic rings. The highest BCUT2D eigenvalue weighted by atomic mass is 15.0. The fourth-order valence-electron chi connectivity index (χ4n) is 3.12. The third kappa shape index (κ3) is 7.31. The van der Waals surface area contributed by atoms with Crippen molar-refractivity contribution in [1.82, 2.24) is 5.32 Å². The molecule has 0 aromatic carbocycles. The quantitative estimate of drug-likeness (QED) is 0.383. The van der Waals surface area contributed by atoms with Crippen LogP contribution in [0.15, 0.2) is 4.99 Å². The van der Waals surface area contributed by atoms with E-state index in [1.165, 1.54) is 31.5 Å². The molecule has 0 unspecified atom stereocenters. The summed E-state index contributed by atoms with van der Waals surface area (Å²) in [6.45, 7) is 20.5. The van der Waals surface area contributed by atoms with Crippen molar-refractivity contribution >= 4 is 5.84 Å². The number of aliphatic imine (C=N–C) groups is 1. The van der Waals surface area contributed by atoms with E-state index in [1.54, 1.807) is 0 Å². The minimum absolute atomic E-state index is 0.225. The van der Waals surface area contributed by atoms with E-state index in [-0.39, 0.29) is 10.8 Å². The smallest absolute Gasteiger partial charge is 0.100 e. The van der Waals surface area contributed by atoms with Gasteiger partial charge in [-0.05, 0) is 23.7 Å². The maximum Gasteiger partial charge on any atom is 0.100 e. The predicted octanol–water partition coefficient (Wildman–Crippen LogP) is 5.28. The Morgan fingerprint density at radius 2 is 1.40 bits per heavy atom. The number of rotatable bonds is 7. The Morgan fingerprint density at radius 3 is 1.80 bits per heavy atom. The lowest BCUT2D eigenvalue weighted by atomic mass is 9.66. The first kappa shape index (κ1) is 19.5. The minimum Gasteiger partial charge on any atom is -0.374 e. The summed E-state index contributed by atoms with van der Waals surface area (Å²) in [4.78, 5) is 4.92. The lowest BCUT2D eigenvalue weighted by Crippen LogP contribution is -2.45. The molecule has 0 aromatic heterocycles. The first-order chi connectivity index (χ1) is 9.14. The van der Waals surface area contributed by atoms with Crippen LogP contribution >= 0.6 is 0 Å². The maximum absolute atomic E-state index is 4.92. The van der Waals surface area contributed by atoms with Gasteiger partial charge in [0.25, 0.3) is 0 Å². The Kier molecular flexibility index (Phi) is 8.46. The van der Waals surface area contributed by atoms with Gasteiger partial charge >= 0.3 is 0 Å². The van der Waals surface area contributed by atoms with Crippen molar-refractivity contribution < 1.29 is 0 Å². The monoisotopic (exact) mass is 282 g/mol. The van der Waals surface area contributed by atoms with Crippen molar-refractivity contribution in [2.75, 3.05) is 13.1 Å². The molecule has 0 bridgehead atoms. The summed E-state index contributed by atoms with van der Waals surface area (Å²) in [6.07, 6.45) is 4.83. The van der Waals surface area contributed by atoms with Crippen LogP contribution in [0.2, 0.25) is 0 Å². The number of nitrogens with one attached hydrogen (secondary N) is 1. The molecule has 0 atom stereocenters. The SMILES string of the molecule is CCCCN=C(NCCCC)C(C(C)(C)C)C(C)(C)C. The Bertz CT molecular complexity index is 265. The van der Waals surface area contributed by atoms with Gasteiger partial charge in [0.1, 0.15) is 5.84 Å². The van der Waals surface area contributed by atoms with Gasteiger partial charge in [-0.1, -0.05) is 68.2 Å². The molecule has 0 aliphatic carbocycles. The van der Waals surface area contributed by atoms with E-state index in [1.807, 2.05) is 0 Å². The second-order valence-electron chi connectivity index (χ2n) is 8.07. The number of hydrogen-bond donors (Lipinski definition) is 1. The van der Waals surface area contributed by atoms with E-state index in [9.17, 15) is 0 Å². The highest BCUT2D eigenvalue weighted by molar-refractivity contribution is 5.86. The molecule has 120 valence electrons. The first-order valence-corrected chi connectivity index (χ1v) is 8.42. The Hall–Kier alpha value is -0.530. The van der Waals surface area contributed by atoms with Crippen molar-refractivity contribution in [3.05, 3.63) is 0 Å². The normalized spacial score (nSPS) is 13.9. The minimum atomic E-state index is 0.225. The molecule has 0 aliphatic heterocycles. The van der Waals surface area contributed by atoms with E-state index in [4.69, 9.17) is 4.99 Å². The van der Waals surface area contributed by atoms with E-state index in [2.05, 4.69) is 60.7 Å². The van der Waals surface area contributed by atoms with Crippen LogP contribution in [0.3, 0.4) is 0 Å². The van der Waals surface area contributed by atoms with Crippen LogP contribution < -0.4 is 5.32 Å². The Labute approximate surface area is 127 Å². The topological polar surface area (TPSA) is 24.4 Å². The Balaban J connectivity index is 5.15. The molecule has 0 spiro atoms.